The fraction of sp³-hybridized carbons (Fsp3) is 0.643. The van der Waals surface area contributed by atoms with Crippen molar-refractivity contribution < 1.29 is 0 Å². The van der Waals surface area contributed by atoms with Gasteiger partial charge in [0.2, 0.25) is 5.95 Å². The molecule has 0 aliphatic carbocycles. The van der Waals surface area contributed by atoms with E-state index in [1.807, 2.05) is 6.92 Å². The second kappa shape index (κ2) is 5.64. The van der Waals surface area contributed by atoms with Gasteiger partial charge in [0.05, 0.1) is 6.33 Å². The van der Waals surface area contributed by atoms with Crippen LogP contribution in [0.3, 0.4) is 0 Å². The van der Waals surface area contributed by atoms with Gasteiger partial charge >= 0.3 is 0 Å². The molecule has 20 heavy (non-hydrogen) atoms. The number of hydrogen-bond donors (Lipinski definition) is 3. The molecule has 1 atom stereocenters. The van der Waals surface area contributed by atoms with E-state index in [9.17, 15) is 0 Å². The van der Waals surface area contributed by atoms with Crippen LogP contribution in [-0.4, -0.2) is 33.0 Å². The minimum atomic E-state index is 0.262. The minimum absolute atomic E-state index is 0.262. The topological polar surface area (TPSA) is 78.5 Å². The molecule has 2 rings (SSSR count). The number of H-pyrrole nitrogens is 1. The Balaban J connectivity index is 2.21. The van der Waals surface area contributed by atoms with Crippen molar-refractivity contribution in [3.8, 4) is 0 Å². The molecule has 0 saturated carbocycles. The van der Waals surface area contributed by atoms with Gasteiger partial charge < -0.3 is 15.6 Å². The number of nitrogens with zero attached hydrogens (tertiary/aromatic N) is 3. The zero-order valence-corrected chi connectivity index (χ0v) is 12.9. The lowest BCUT2D eigenvalue weighted by atomic mass is 9.82. The van der Waals surface area contributed by atoms with Gasteiger partial charge in [-0.1, -0.05) is 27.7 Å². The van der Waals surface area contributed by atoms with Crippen molar-refractivity contribution in [2.75, 3.05) is 23.7 Å². The van der Waals surface area contributed by atoms with E-state index >= 15 is 0 Å². The number of aromatic amines is 1. The van der Waals surface area contributed by atoms with Crippen molar-refractivity contribution in [2.24, 2.45) is 11.3 Å². The largest absolute Gasteiger partial charge is 0.368 e. The average molecular weight is 276 g/mol. The van der Waals surface area contributed by atoms with E-state index in [2.05, 4.69) is 58.3 Å². The van der Waals surface area contributed by atoms with Crippen molar-refractivity contribution >= 4 is 22.9 Å². The Morgan fingerprint density at radius 3 is 2.65 bits per heavy atom. The standard InChI is InChI=1S/C14H24N6/c1-6-15-13-19-11(10-12(20-13)18-8-17-10)16-7-9(2)14(3,4)5/h8-9H,6-7H2,1-5H3,(H3,15,16,17,18,19,20). The van der Waals surface area contributed by atoms with E-state index in [0.717, 1.165) is 24.4 Å². The number of hydrogen-bond acceptors (Lipinski definition) is 5. The predicted molar refractivity (Wildman–Crippen MR) is 83.0 cm³/mol. The van der Waals surface area contributed by atoms with Gasteiger partial charge in [-0.25, -0.2) is 4.98 Å². The number of rotatable bonds is 5. The van der Waals surface area contributed by atoms with Crippen LogP contribution in [0.15, 0.2) is 6.33 Å². The quantitative estimate of drug-likeness (QED) is 0.782. The molecule has 0 amide bonds. The molecule has 0 saturated heterocycles. The number of anilines is 2. The van der Waals surface area contributed by atoms with Crippen LogP contribution >= 0.6 is 0 Å². The Labute approximate surface area is 119 Å². The third kappa shape index (κ3) is 3.18. The molecule has 6 heteroatoms. The molecule has 0 aliphatic rings. The zero-order chi connectivity index (χ0) is 14.8. The third-order valence-electron chi connectivity index (χ3n) is 3.67. The van der Waals surface area contributed by atoms with E-state index < -0.39 is 0 Å². The third-order valence-corrected chi connectivity index (χ3v) is 3.67. The van der Waals surface area contributed by atoms with Gasteiger partial charge in [0.15, 0.2) is 11.5 Å². The lowest BCUT2D eigenvalue weighted by Gasteiger charge is -2.27. The lowest BCUT2D eigenvalue weighted by Crippen LogP contribution is -2.25. The Bertz CT molecular complexity index is 569. The summed E-state index contributed by atoms with van der Waals surface area (Å²) in [5.41, 5.74) is 1.80. The summed E-state index contributed by atoms with van der Waals surface area (Å²) in [6.45, 7) is 12.6. The van der Waals surface area contributed by atoms with Crippen molar-refractivity contribution in [3.05, 3.63) is 6.33 Å². The van der Waals surface area contributed by atoms with Gasteiger partial charge in [-0.15, -0.1) is 0 Å². The highest BCUT2D eigenvalue weighted by atomic mass is 15.2. The van der Waals surface area contributed by atoms with E-state index in [0.29, 0.717) is 17.5 Å². The van der Waals surface area contributed by atoms with Gasteiger partial charge in [-0.3, -0.25) is 0 Å². The first-order chi connectivity index (χ1) is 9.41. The molecular formula is C14H24N6. The molecule has 1 unspecified atom stereocenters. The summed E-state index contributed by atoms with van der Waals surface area (Å²) in [6, 6.07) is 0. The van der Waals surface area contributed by atoms with Crippen LogP contribution in [0.5, 0.6) is 0 Å². The molecule has 0 aliphatic heterocycles. The highest BCUT2D eigenvalue weighted by Gasteiger charge is 2.20. The van der Waals surface area contributed by atoms with Gasteiger partial charge in [-0.05, 0) is 18.3 Å². The first-order valence-electron chi connectivity index (χ1n) is 7.10. The Morgan fingerprint density at radius 2 is 2.00 bits per heavy atom. The summed E-state index contributed by atoms with van der Waals surface area (Å²) >= 11 is 0. The minimum Gasteiger partial charge on any atom is -0.368 e. The van der Waals surface area contributed by atoms with Gasteiger partial charge in [0.1, 0.15) is 5.52 Å². The average Bonchev–Trinajstić information content (AvgIpc) is 2.83. The van der Waals surface area contributed by atoms with E-state index in [4.69, 9.17) is 0 Å². The Morgan fingerprint density at radius 1 is 1.25 bits per heavy atom. The first kappa shape index (κ1) is 14.6. The number of nitrogens with one attached hydrogen (secondary N) is 3. The van der Waals surface area contributed by atoms with E-state index in [1.165, 1.54) is 0 Å². The van der Waals surface area contributed by atoms with Crippen molar-refractivity contribution in [3.63, 3.8) is 0 Å². The van der Waals surface area contributed by atoms with Crippen LogP contribution in [0.2, 0.25) is 0 Å². The second-order valence-corrected chi connectivity index (χ2v) is 6.18. The molecule has 2 aromatic heterocycles. The van der Waals surface area contributed by atoms with Gasteiger partial charge in [-0.2, -0.15) is 9.97 Å². The normalized spacial score (nSPS) is 13.4. The summed E-state index contributed by atoms with van der Waals surface area (Å²) in [6.07, 6.45) is 1.65. The highest BCUT2D eigenvalue weighted by Crippen LogP contribution is 2.26. The van der Waals surface area contributed by atoms with E-state index in [1.54, 1.807) is 6.33 Å². The number of imidazole rings is 1. The Hall–Kier alpha value is -1.85. The maximum absolute atomic E-state index is 4.51. The van der Waals surface area contributed by atoms with Crippen LogP contribution in [0.1, 0.15) is 34.6 Å². The Kier molecular flexibility index (Phi) is 4.11. The van der Waals surface area contributed by atoms with E-state index in [-0.39, 0.29) is 5.41 Å². The summed E-state index contributed by atoms with van der Waals surface area (Å²) < 4.78 is 0. The van der Waals surface area contributed by atoms with Crippen LogP contribution in [-0.2, 0) is 0 Å². The fourth-order valence-corrected chi connectivity index (χ4v) is 1.75. The maximum atomic E-state index is 4.51. The summed E-state index contributed by atoms with van der Waals surface area (Å²) in [5, 5.41) is 6.55. The molecule has 2 aromatic rings. The maximum Gasteiger partial charge on any atom is 0.226 e. The smallest absolute Gasteiger partial charge is 0.226 e. The number of fused-ring (bicyclic) bond motifs is 1. The van der Waals surface area contributed by atoms with Gasteiger partial charge in [0.25, 0.3) is 0 Å². The summed E-state index contributed by atoms with van der Waals surface area (Å²) in [7, 11) is 0. The summed E-state index contributed by atoms with van der Waals surface area (Å²) in [4.78, 5) is 16.2. The van der Waals surface area contributed by atoms with Crippen molar-refractivity contribution in [1.82, 2.24) is 19.9 Å². The van der Waals surface area contributed by atoms with Crippen LogP contribution in [0.4, 0.5) is 11.8 Å². The monoisotopic (exact) mass is 276 g/mol. The molecule has 3 N–H and O–H groups in total. The molecule has 110 valence electrons. The summed E-state index contributed by atoms with van der Waals surface area (Å²) in [5.74, 6) is 1.94. The molecular weight excluding hydrogens is 252 g/mol. The van der Waals surface area contributed by atoms with Gasteiger partial charge in [0, 0.05) is 13.1 Å². The zero-order valence-electron chi connectivity index (χ0n) is 12.9. The second-order valence-electron chi connectivity index (χ2n) is 6.18. The number of aromatic nitrogens is 4. The molecule has 0 bridgehead atoms. The molecule has 0 aromatic carbocycles. The molecule has 0 spiro atoms. The van der Waals surface area contributed by atoms with Crippen LogP contribution < -0.4 is 10.6 Å². The molecule has 0 fully saturated rings. The highest BCUT2D eigenvalue weighted by molar-refractivity contribution is 5.83. The molecule has 0 radical (unpaired) electrons. The first-order valence-corrected chi connectivity index (χ1v) is 7.10. The predicted octanol–water partition coefficient (Wildman–Crippen LogP) is 2.88. The fourth-order valence-electron chi connectivity index (χ4n) is 1.75. The van der Waals surface area contributed by atoms with Crippen molar-refractivity contribution in [2.45, 2.75) is 34.6 Å². The molecule has 2 heterocycles. The van der Waals surface area contributed by atoms with Crippen molar-refractivity contribution in [1.29, 1.82) is 0 Å². The molecule has 6 nitrogen and oxygen atoms in total. The lowest BCUT2D eigenvalue weighted by molar-refractivity contribution is 0.274. The SMILES string of the molecule is CCNc1nc(NCC(C)C(C)(C)C)c2[nH]cnc2n1. The van der Waals surface area contributed by atoms with Crippen LogP contribution in [0.25, 0.3) is 11.2 Å². The van der Waals surface area contributed by atoms with Crippen LogP contribution in [0, 0.1) is 11.3 Å².